The summed E-state index contributed by atoms with van der Waals surface area (Å²) < 4.78 is 10.5. The average Bonchev–Trinajstić information content (AvgIpc) is 2.95. The molecule has 6 heteroatoms. The van der Waals surface area contributed by atoms with Crippen molar-refractivity contribution in [1.29, 1.82) is 0 Å². The second-order valence-corrected chi connectivity index (χ2v) is 10.9. The second-order valence-electron chi connectivity index (χ2n) is 10.9. The topological polar surface area (TPSA) is 76.1 Å². The Morgan fingerprint density at radius 2 is 0.975 bits per heavy atom. The number of nitrogens with zero attached hydrogens (tertiary/aromatic N) is 1. The Hall–Kier alpha value is -1.66. The third-order valence-electron chi connectivity index (χ3n) is 7.09. The molecule has 6 nitrogen and oxygen atoms in total. The number of ether oxygens (including phenoxy) is 2. The van der Waals surface area contributed by atoms with Crippen molar-refractivity contribution in [2.75, 3.05) is 39.5 Å². The number of allylic oxidation sites excluding steroid dienone is 2. The molecular weight excluding hydrogens is 502 g/mol. The molecule has 0 aromatic rings. The highest BCUT2D eigenvalue weighted by Gasteiger charge is 2.06. The Bertz CT molecular complexity index is 569. The second kappa shape index (κ2) is 31.9. The molecule has 0 rings (SSSR count). The SMILES string of the molecule is CCCCC/C=C\COC(=O)CCCCCCCN(CCO)CCCCCCCC(=O)OC/C=C\CCCCC. The van der Waals surface area contributed by atoms with E-state index in [1.807, 2.05) is 12.2 Å². The largest absolute Gasteiger partial charge is 0.461 e. The van der Waals surface area contributed by atoms with Gasteiger partial charge in [-0.2, -0.15) is 0 Å². The van der Waals surface area contributed by atoms with Gasteiger partial charge in [-0.25, -0.2) is 0 Å². The van der Waals surface area contributed by atoms with E-state index in [9.17, 15) is 14.7 Å². The van der Waals surface area contributed by atoms with E-state index in [1.165, 1.54) is 38.5 Å². The Kier molecular flexibility index (Phi) is 30.5. The van der Waals surface area contributed by atoms with Gasteiger partial charge in [0, 0.05) is 19.4 Å². The summed E-state index contributed by atoms with van der Waals surface area (Å²) in [7, 11) is 0. The highest BCUT2D eigenvalue weighted by Crippen LogP contribution is 2.10. The van der Waals surface area contributed by atoms with Gasteiger partial charge >= 0.3 is 11.9 Å². The van der Waals surface area contributed by atoms with Crippen LogP contribution >= 0.6 is 0 Å². The minimum absolute atomic E-state index is 0.0896. The maximum Gasteiger partial charge on any atom is 0.306 e. The lowest BCUT2D eigenvalue weighted by Crippen LogP contribution is -2.29. The summed E-state index contributed by atoms with van der Waals surface area (Å²) in [5.74, 6) is -0.179. The van der Waals surface area contributed by atoms with Gasteiger partial charge in [0.2, 0.25) is 0 Å². The van der Waals surface area contributed by atoms with Crippen molar-refractivity contribution in [2.45, 2.75) is 142 Å². The third kappa shape index (κ3) is 29.3. The van der Waals surface area contributed by atoms with E-state index >= 15 is 0 Å². The van der Waals surface area contributed by atoms with Crippen molar-refractivity contribution in [3.05, 3.63) is 24.3 Å². The summed E-state index contributed by atoms with van der Waals surface area (Å²) >= 11 is 0. The van der Waals surface area contributed by atoms with Gasteiger partial charge in [-0.1, -0.05) is 102 Å². The molecule has 234 valence electrons. The lowest BCUT2D eigenvalue weighted by Gasteiger charge is -2.21. The van der Waals surface area contributed by atoms with Crippen molar-refractivity contribution < 1.29 is 24.2 Å². The molecule has 0 aromatic heterocycles. The van der Waals surface area contributed by atoms with Gasteiger partial charge in [0.1, 0.15) is 13.2 Å². The van der Waals surface area contributed by atoms with Gasteiger partial charge in [0.05, 0.1) is 6.61 Å². The highest BCUT2D eigenvalue weighted by molar-refractivity contribution is 5.69. The number of unbranched alkanes of at least 4 members (excludes halogenated alkanes) is 14. The summed E-state index contributed by atoms with van der Waals surface area (Å²) in [6.07, 6.45) is 29.4. The monoisotopic (exact) mass is 565 g/mol. The number of rotatable bonds is 30. The Morgan fingerprint density at radius 3 is 1.40 bits per heavy atom. The normalized spacial score (nSPS) is 11.7. The van der Waals surface area contributed by atoms with E-state index in [0.717, 1.165) is 96.7 Å². The standard InChI is InChI=1S/C34H63NO5/c1-3-5-7-9-17-23-31-39-33(37)25-19-13-11-15-21-27-35(29-30-36)28-22-16-12-14-20-26-34(38)40-32-24-18-10-8-6-4-2/h17-18,23-24,36H,3-16,19-22,25-32H2,1-2H3/b23-17-,24-18-. The maximum absolute atomic E-state index is 11.8. The van der Waals surface area contributed by atoms with Crippen molar-refractivity contribution in [3.63, 3.8) is 0 Å². The quantitative estimate of drug-likeness (QED) is 0.0536. The van der Waals surface area contributed by atoms with E-state index < -0.39 is 0 Å². The predicted molar refractivity (Wildman–Crippen MR) is 167 cm³/mol. The van der Waals surface area contributed by atoms with Crippen molar-refractivity contribution in [3.8, 4) is 0 Å². The van der Waals surface area contributed by atoms with Crippen LogP contribution in [-0.2, 0) is 19.1 Å². The molecule has 0 aliphatic heterocycles. The predicted octanol–water partition coefficient (Wildman–Crippen LogP) is 8.32. The molecule has 0 heterocycles. The van der Waals surface area contributed by atoms with Gasteiger partial charge < -0.3 is 19.5 Å². The maximum atomic E-state index is 11.8. The molecule has 0 radical (unpaired) electrons. The molecule has 0 amide bonds. The molecule has 0 saturated carbocycles. The smallest absolute Gasteiger partial charge is 0.306 e. The van der Waals surface area contributed by atoms with Gasteiger partial charge in [0.25, 0.3) is 0 Å². The van der Waals surface area contributed by atoms with Crippen LogP contribution in [0.25, 0.3) is 0 Å². The van der Waals surface area contributed by atoms with Crippen LogP contribution in [0.2, 0.25) is 0 Å². The highest BCUT2D eigenvalue weighted by atomic mass is 16.5. The van der Waals surface area contributed by atoms with Crippen LogP contribution in [0.5, 0.6) is 0 Å². The molecule has 0 bridgehead atoms. The van der Waals surface area contributed by atoms with Crippen LogP contribution in [0, 0.1) is 0 Å². The number of esters is 2. The van der Waals surface area contributed by atoms with E-state index in [-0.39, 0.29) is 18.5 Å². The lowest BCUT2D eigenvalue weighted by atomic mass is 10.1. The van der Waals surface area contributed by atoms with Crippen LogP contribution in [0.15, 0.2) is 24.3 Å². The lowest BCUT2D eigenvalue weighted by molar-refractivity contribution is -0.143. The Morgan fingerprint density at radius 1 is 0.550 bits per heavy atom. The fourth-order valence-corrected chi connectivity index (χ4v) is 4.57. The van der Waals surface area contributed by atoms with Gasteiger partial charge in [-0.15, -0.1) is 0 Å². The summed E-state index contributed by atoms with van der Waals surface area (Å²) in [5, 5.41) is 9.40. The number of aliphatic hydroxyl groups is 1. The zero-order chi connectivity index (χ0) is 29.4. The number of carbonyl (C=O) groups is 2. The first kappa shape index (κ1) is 38.3. The van der Waals surface area contributed by atoms with Crippen molar-refractivity contribution in [1.82, 2.24) is 4.90 Å². The van der Waals surface area contributed by atoms with E-state index in [4.69, 9.17) is 9.47 Å². The molecule has 0 atom stereocenters. The van der Waals surface area contributed by atoms with Crippen LogP contribution in [0.3, 0.4) is 0 Å². The third-order valence-corrected chi connectivity index (χ3v) is 7.09. The van der Waals surface area contributed by atoms with Gasteiger partial charge in [-0.05, 0) is 64.5 Å². The Balaban J connectivity index is 3.62. The molecule has 40 heavy (non-hydrogen) atoms. The van der Waals surface area contributed by atoms with Gasteiger partial charge in [0.15, 0.2) is 0 Å². The summed E-state index contributed by atoms with van der Waals surface area (Å²) in [4.78, 5) is 26.0. The first-order valence-corrected chi connectivity index (χ1v) is 16.6. The minimum atomic E-state index is -0.0896. The van der Waals surface area contributed by atoms with E-state index in [1.54, 1.807) is 0 Å². The molecule has 0 saturated heterocycles. The summed E-state index contributed by atoms with van der Waals surface area (Å²) in [6.45, 7) is 8.17. The Labute approximate surface area is 247 Å². The van der Waals surface area contributed by atoms with E-state index in [2.05, 4.69) is 30.9 Å². The van der Waals surface area contributed by atoms with E-state index in [0.29, 0.717) is 26.1 Å². The fourth-order valence-electron chi connectivity index (χ4n) is 4.57. The number of hydrogen-bond acceptors (Lipinski definition) is 6. The van der Waals surface area contributed by atoms with Crippen LogP contribution in [-0.4, -0.2) is 61.4 Å². The molecular formula is C34H63NO5. The zero-order valence-corrected chi connectivity index (χ0v) is 26.2. The minimum Gasteiger partial charge on any atom is -0.461 e. The fraction of sp³-hybridized carbons (Fsp3) is 0.824. The van der Waals surface area contributed by atoms with Crippen molar-refractivity contribution in [2.24, 2.45) is 0 Å². The number of aliphatic hydroxyl groups excluding tert-OH is 1. The number of hydrogen-bond donors (Lipinski definition) is 1. The average molecular weight is 566 g/mol. The first-order valence-electron chi connectivity index (χ1n) is 16.6. The molecule has 1 N–H and O–H groups in total. The molecule has 0 aliphatic rings. The molecule has 0 unspecified atom stereocenters. The van der Waals surface area contributed by atoms with Crippen molar-refractivity contribution >= 4 is 11.9 Å². The number of carbonyl (C=O) groups excluding carboxylic acids is 2. The van der Waals surface area contributed by atoms with Crippen LogP contribution in [0.1, 0.15) is 142 Å². The zero-order valence-electron chi connectivity index (χ0n) is 26.2. The molecule has 0 aromatic carbocycles. The molecule has 0 aliphatic carbocycles. The van der Waals surface area contributed by atoms with Gasteiger partial charge in [-0.3, -0.25) is 9.59 Å². The summed E-state index contributed by atoms with van der Waals surface area (Å²) in [6, 6.07) is 0. The van der Waals surface area contributed by atoms with Crippen LogP contribution < -0.4 is 0 Å². The molecule has 0 spiro atoms. The molecule has 0 fully saturated rings. The first-order chi connectivity index (χ1) is 19.6. The summed E-state index contributed by atoms with van der Waals surface area (Å²) in [5.41, 5.74) is 0. The van der Waals surface area contributed by atoms with Crippen LogP contribution in [0.4, 0.5) is 0 Å².